The molecule has 0 N–H and O–H groups in total. The summed E-state index contributed by atoms with van der Waals surface area (Å²) >= 11 is 0. The van der Waals surface area contributed by atoms with Crippen LogP contribution in [-0.4, -0.2) is 13.2 Å². The molecule has 1 radical (unpaired) electrons. The van der Waals surface area contributed by atoms with Crippen molar-refractivity contribution in [1.29, 1.82) is 0 Å². The predicted molar refractivity (Wildman–Crippen MR) is 17.2 cm³/mol. The maximum atomic E-state index is 10.8. The Morgan fingerprint density at radius 3 is 2.50 bits per heavy atom. The minimum absolute atomic E-state index is 0.981. The van der Waals surface area contributed by atoms with Crippen molar-refractivity contribution < 1.29 is 14.2 Å². The monoisotopic (exact) mass is 93.0 g/mol. The van der Waals surface area contributed by atoms with E-state index in [9.17, 15) is 9.50 Å². The molecule has 0 fully saturated rings. The van der Waals surface area contributed by atoms with Crippen LogP contribution in [0.25, 0.3) is 0 Å². The van der Waals surface area contributed by atoms with Crippen LogP contribution < -0.4 is 0 Å². The van der Waals surface area contributed by atoms with Crippen LogP contribution >= 0.6 is 0 Å². The standard InChI is InChI=1S/C3H6FO2/c1-3(5)6-2-4/h3H,2H2,1H3. The van der Waals surface area contributed by atoms with Gasteiger partial charge in [0, 0.05) is 0 Å². The van der Waals surface area contributed by atoms with Crippen LogP contribution in [0.15, 0.2) is 0 Å². The highest BCUT2D eigenvalue weighted by Gasteiger charge is 1.90. The second-order valence-corrected chi connectivity index (χ2v) is 0.843. The summed E-state index contributed by atoms with van der Waals surface area (Å²) in [5.41, 5.74) is 0. The number of hydrogen-bond acceptors (Lipinski definition) is 1. The van der Waals surface area contributed by atoms with Crippen molar-refractivity contribution >= 4 is 0 Å². The lowest BCUT2D eigenvalue weighted by Gasteiger charge is -1.93. The van der Waals surface area contributed by atoms with E-state index in [-0.39, 0.29) is 0 Å². The van der Waals surface area contributed by atoms with Crippen molar-refractivity contribution in [3.63, 3.8) is 0 Å². The molecule has 0 aliphatic heterocycles. The summed E-state index contributed by atoms with van der Waals surface area (Å²) in [4.78, 5) is 0. The van der Waals surface area contributed by atoms with Crippen molar-refractivity contribution in [2.75, 3.05) is 6.86 Å². The first-order chi connectivity index (χ1) is 2.77. The topological polar surface area (TPSA) is 29.1 Å². The maximum absolute atomic E-state index is 10.8. The molecule has 0 spiro atoms. The highest BCUT2D eigenvalue weighted by atomic mass is 19.1. The molecule has 2 nitrogen and oxygen atoms in total. The average Bonchev–Trinajstić information content (AvgIpc) is 1.35. The number of halogens is 1. The van der Waals surface area contributed by atoms with Gasteiger partial charge >= 0.3 is 0 Å². The van der Waals surface area contributed by atoms with Gasteiger partial charge in [-0.15, -0.1) is 0 Å². The SMILES string of the molecule is CC([O])OCF. The Bertz CT molecular complexity index is 30.0. The Morgan fingerprint density at radius 2 is 2.50 bits per heavy atom. The van der Waals surface area contributed by atoms with Crippen molar-refractivity contribution in [3.8, 4) is 0 Å². The maximum Gasteiger partial charge on any atom is 0.191 e. The fraction of sp³-hybridized carbons (Fsp3) is 1.00. The Hall–Kier alpha value is -0.150. The third-order valence-corrected chi connectivity index (χ3v) is 0.298. The van der Waals surface area contributed by atoms with E-state index in [1.807, 2.05) is 0 Å². The van der Waals surface area contributed by atoms with Gasteiger partial charge in [-0.05, 0) is 6.92 Å². The van der Waals surface area contributed by atoms with E-state index < -0.39 is 13.2 Å². The first-order valence-electron chi connectivity index (χ1n) is 1.60. The molecule has 0 saturated heterocycles. The van der Waals surface area contributed by atoms with Crippen LogP contribution in [-0.2, 0) is 9.84 Å². The molecule has 0 heterocycles. The first-order valence-corrected chi connectivity index (χ1v) is 1.60. The molecule has 6 heavy (non-hydrogen) atoms. The molecule has 0 amide bonds. The lowest BCUT2D eigenvalue weighted by Crippen LogP contribution is -2.01. The fourth-order valence-corrected chi connectivity index (χ4v) is 0.0887. The van der Waals surface area contributed by atoms with Crippen LogP contribution in [0.5, 0.6) is 0 Å². The van der Waals surface area contributed by atoms with Crippen molar-refractivity contribution in [1.82, 2.24) is 0 Å². The molecule has 0 bridgehead atoms. The van der Waals surface area contributed by atoms with Gasteiger partial charge in [0.25, 0.3) is 0 Å². The quantitative estimate of drug-likeness (QED) is 0.462. The van der Waals surface area contributed by atoms with Gasteiger partial charge in [-0.25, -0.2) is 9.50 Å². The number of alkyl halides is 1. The van der Waals surface area contributed by atoms with Gasteiger partial charge in [0.05, 0.1) is 0 Å². The minimum Gasteiger partial charge on any atom is -0.319 e. The first kappa shape index (κ1) is 5.85. The molecule has 0 aliphatic carbocycles. The number of rotatable bonds is 2. The molecule has 3 heteroatoms. The van der Waals surface area contributed by atoms with Crippen molar-refractivity contribution in [3.05, 3.63) is 0 Å². The van der Waals surface area contributed by atoms with Crippen molar-refractivity contribution in [2.24, 2.45) is 0 Å². The largest absolute Gasteiger partial charge is 0.319 e. The van der Waals surface area contributed by atoms with E-state index in [4.69, 9.17) is 0 Å². The molecule has 0 aliphatic rings. The molecule has 0 rings (SSSR count). The third-order valence-electron chi connectivity index (χ3n) is 0.298. The van der Waals surface area contributed by atoms with Gasteiger partial charge < -0.3 is 4.74 Å². The van der Waals surface area contributed by atoms with Gasteiger partial charge in [-0.2, -0.15) is 0 Å². The summed E-state index contributed by atoms with van der Waals surface area (Å²) in [7, 11) is 0. The number of hydrogen-bond donors (Lipinski definition) is 0. The zero-order valence-electron chi connectivity index (χ0n) is 3.48. The molecule has 1 unspecified atom stereocenters. The highest BCUT2D eigenvalue weighted by molar-refractivity contribution is 4.12. The van der Waals surface area contributed by atoms with Crippen molar-refractivity contribution in [2.45, 2.75) is 13.2 Å². The van der Waals surface area contributed by atoms with Gasteiger partial charge in [-0.1, -0.05) is 0 Å². The Balaban J connectivity index is 2.63. The average molecular weight is 93.1 g/mol. The van der Waals surface area contributed by atoms with Crippen LogP contribution in [0.4, 0.5) is 4.39 Å². The summed E-state index contributed by atoms with van der Waals surface area (Å²) in [6, 6.07) is 0. The Morgan fingerprint density at radius 1 is 2.00 bits per heavy atom. The smallest absolute Gasteiger partial charge is 0.191 e. The lowest BCUT2D eigenvalue weighted by atomic mass is 10.8. The van der Waals surface area contributed by atoms with E-state index in [0.29, 0.717) is 0 Å². The zero-order valence-corrected chi connectivity index (χ0v) is 3.48. The van der Waals surface area contributed by atoms with Gasteiger partial charge in [0.2, 0.25) is 0 Å². The second kappa shape index (κ2) is 3.06. The predicted octanol–water partition coefficient (Wildman–Crippen LogP) is 0.707. The van der Waals surface area contributed by atoms with Crippen LogP contribution in [0.2, 0.25) is 0 Å². The van der Waals surface area contributed by atoms with E-state index in [0.717, 1.165) is 0 Å². The second-order valence-electron chi connectivity index (χ2n) is 0.843. The molecule has 37 valence electrons. The van der Waals surface area contributed by atoms with Gasteiger partial charge in [0.15, 0.2) is 13.2 Å². The minimum atomic E-state index is -1.23. The van der Waals surface area contributed by atoms with Crippen LogP contribution in [0.1, 0.15) is 6.92 Å². The molecule has 0 saturated carbocycles. The molecule has 0 aromatic carbocycles. The van der Waals surface area contributed by atoms with Gasteiger partial charge in [0.1, 0.15) is 0 Å². The summed E-state index contributed by atoms with van der Waals surface area (Å²) in [5.74, 6) is 0. The molecule has 1 atom stereocenters. The molecule has 0 aromatic rings. The van der Waals surface area contributed by atoms with E-state index in [2.05, 4.69) is 4.74 Å². The number of ether oxygens (including phenoxy) is 1. The van der Waals surface area contributed by atoms with Gasteiger partial charge in [-0.3, -0.25) is 0 Å². The summed E-state index contributed by atoms with van der Waals surface area (Å²) < 4.78 is 14.6. The molecular formula is C3H6FO2. The highest BCUT2D eigenvalue weighted by Crippen LogP contribution is 1.82. The normalized spacial score (nSPS) is 14.5. The fourth-order valence-electron chi connectivity index (χ4n) is 0.0887. The summed E-state index contributed by atoms with van der Waals surface area (Å²) in [6.07, 6.45) is -1.23. The summed E-state index contributed by atoms with van der Waals surface area (Å²) in [6.45, 7) is 0.254. The third kappa shape index (κ3) is 3.85. The van der Waals surface area contributed by atoms with E-state index >= 15 is 0 Å². The zero-order chi connectivity index (χ0) is 4.99. The van der Waals surface area contributed by atoms with Crippen LogP contribution in [0, 0.1) is 0 Å². The van der Waals surface area contributed by atoms with E-state index in [1.165, 1.54) is 6.92 Å². The van der Waals surface area contributed by atoms with Crippen LogP contribution in [0.3, 0.4) is 0 Å². The molecular weight excluding hydrogens is 87.0 g/mol. The Kier molecular flexibility index (Phi) is 2.98. The summed E-state index contributed by atoms with van der Waals surface area (Å²) in [5, 5.41) is 9.66. The molecule has 0 aromatic heterocycles. The lowest BCUT2D eigenvalue weighted by molar-refractivity contribution is -0.150. The van der Waals surface area contributed by atoms with E-state index in [1.54, 1.807) is 0 Å². The Labute approximate surface area is 35.5 Å².